The van der Waals surface area contributed by atoms with Crippen molar-refractivity contribution >= 4 is 17.0 Å². The van der Waals surface area contributed by atoms with E-state index in [1.807, 2.05) is 43.3 Å². The van der Waals surface area contributed by atoms with Crippen molar-refractivity contribution in [3.8, 4) is 11.5 Å². The van der Waals surface area contributed by atoms with Crippen molar-refractivity contribution in [1.82, 2.24) is 9.88 Å². The Morgan fingerprint density at radius 2 is 1.85 bits per heavy atom. The second kappa shape index (κ2) is 8.12. The van der Waals surface area contributed by atoms with E-state index in [-0.39, 0.29) is 5.91 Å². The Kier molecular flexibility index (Phi) is 5.64. The zero-order valence-electron chi connectivity index (χ0n) is 16.1. The first kappa shape index (κ1) is 18.8. The van der Waals surface area contributed by atoms with Crippen molar-refractivity contribution in [2.24, 2.45) is 0 Å². The summed E-state index contributed by atoms with van der Waals surface area (Å²) < 4.78 is 16.4. The molecule has 6 nitrogen and oxygen atoms in total. The van der Waals surface area contributed by atoms with E-state index < -0.39 is 0 Å². The standard InChI is InChI=1S/C21H24N2O4/c1-14-11-18(25-3)19(26-4)12-15(14)13-23(2)21(24)10-9-20-22-16-7-5-6-8-17(16)27-20/h5-8,11-12H,9-10,13H2,1-4H3. The Morgan fingerprint density at radius 3 is 2.56 bits per heavy atom. The lowest BCUT2D eigenvalue weighted by Crippen LogP contribution is -2.26. The van der Waals surface area contributed by atoms with Gasteiger partial charge in [0, 0.05) is 26.4 Å². The predicted molar refractivity (Wildman–Crippen MR) is 103 cm³/mol. The molecule has 0 saturated heterocycles. The van der Waals surface area contributed by atoms with Gasteiger partial charge in [-0.05, 0) is 42.3 Å². The number of amides is 1. The van der Waals surface area contributed by atoms with Crippen LogP contribution in [0.3, 0.4) is 0 Å². The molecule has 0 N–H and O–H groups in total. The van der Waals surface area contributed by atoms with Crippen LogP contribution >= 0.6 is 0 Å². The minimum atomic E-state index is 0.0337. The van der Waals surface area contributed by atoms with Crippen LogP contribution in [-0.4, -0.2) is 37.1 Å². The first-order valence-electron chi connectivity index (χ1n) is 8.81. The third-order valence-electron chi connectivity index (χ3n) is 4.57. The molecule has 0 fully saturated rings. The number of carbonyl (C=O) groups is 1. The van der Waals surface area contributed by atoms with Gasteiger partial charge in [-0.3, -0.25) is 4.79 Å². The summed E-state index contributed by atoms with van der Waals surface area (Å²) in [7, 11) is 5.01. The molecule has 1 aromatic heterocycles. The number of oxazole rings is 1. The van der Waals surface area contributed by atoms with E-state index in [0.717, 1.165) is 22.2 Å². The molecule has 6 heteroatoms. The minimum absolute atomic E-state index is 0.0337. The molecule has 0 radical (unpaired) electrons. The van der Waals surface area contributed by atoms with Crippen LogP contribution in [0, 0.1) is 6.92 Å². The van der Waals surface area contributed by atoms with Crippen LogP contribution in [0.4, 0.5) is 0 Å². The van der Waals surface area contributed by atoms with Gasteiger partial charge in [-0.1, -0.05) is 12.1 Å². The van der Waals surface area contributed by atoms with E-state index in [1.54, 1.807) is 26.2 Å². The number of hydrogen-bond donors (Lipinski definition) is 0. The molecule has 3 aromatic rings. The Labute approximate surface area is 158 Å². The molecule has 2 aromatic carbocycles. The van der Waals surface area contributed by atoms with E-state index >= 15 is 0 Å². The molecule has 0 aliphatic rings. The molecule has 142 valence electrons. The SMILES string of the molecule is COc1cc(C)c(CN(C)C(=O)CCc2nc3ccccc3o2)cc1OC. The average molecular weight is 368 g/mol. The molecule has 0 aliphatic carbocycles. The number of aryl methyl sites for hydroxylation is 2. The van der Waals surface area contributed by atoms with E-state index in [2.05, 4.69) is 4.98 Å². The number of para-hydroxylation sites is 2. The molecule has 0 unspecified atom stereocenters. The molecular weight excluding hydrogens is 344 g/mol. The molecular formula is C21H24N2O4. The van der Waals surface area contributed by atoms with Gasteiger partial charge < -0.3 is 18.8 Å². The van der Waals surface area contributed by atoms with E-state index in [0.29, 0.717) is 36.8 Å². The highest BCUT2D eigenvalue weighted by atomic mass is 16.5. The molecule has 1 amide bonds. The highest BCUT2D eigenvalue weighted by molar-refractivity contribution is 5.76. The molecule has 0 saturated carbocycles. The number of rotatable bonds is 7. The van der Waals surface area contributed by atoms with E-state index in [1.165, 1.54) is 0 Å². The molecule has 1 heterocycles. The second-order valence-corrected chi connectivity index (χ2v) is 6.46. The smallest absolute Gasteiger partial charge is 0.223 e. The number of hydrogen-bond acceptors (Lipinski definition) is 5. The lowest BCUT2D eigenvalue weighted by atomic mass is 10.1. The van der Waals surface area contributed by atoms with Gasteiger partial charge in [0.15, 0.2) is 23.0 Å². The summed E-state index contributed by atoms with van der Waals surface area (Å²) in [5.41, 5.74) is 3.63. The maximum atomic E-state index is 12.5. The van der Waals surface area contributed by atoms with Crippen molar-refractivity contribution in [3.63, 3.8) is 0 Å². The Balaban J connectivity index is 1.63. The number of carbonyl (C=O) groups excluding carboxylic acids is 1. The number of aromatic nitrogens is 1. The van der Waals surface area contributed by atoms with Crippen LogP contribution in [0.2, 0.25) is 0 Å². The van der Waals surface area contributed by atoms with Crippen LogP contribution < -0.4 is 9.47 Å². The Hall–Kier alpha value is -3.02. The quantitative estimate of drug-likeness (QED) is 0.636. The topological polar surface area (TPSA) is 64.8 Å². The van der Waals surface area contributed by atoms with Gasteiger partial charge in [-0.15, -0.1) is 0 Å². The maximum absolute atomic E-state index is 12.5. The third-order valence-corrected chi connectivity index (χ3v) is 4.57. The van der Waals surface area contributed by atoms with Crippen LogP contribution in [0.1, 0.15) is 23.4 Å². The zero-order chi connectivity index (χ0) is 19.4. The highest BCUT2D eigenvalue weighted by Gasteiger charge is 2.15. The van der Waals surface area contributed by atoms with Gasteiger partial charge in [0.1, 0.15) is 5.52 Å². The lowest BCUT2D eigenvalue weighted by molar-refractivity contribution is -0.130. The summed E-state index contributed by atoms with van der Waals surface area (Å²) >= 11 is 0. The van der Waals surface area contributed by atoms with Gasteiger partial charge in [0.25, 0.3) is 0 Å². The normalized spacial score (nSPS) is 10.8. The van der Waals surface area contributed by atoms with E-state index in [9.17, 15) is 4.79 Å². The third kappa shape index (κ3) is 4.22. The fraction of sp³-hybridized carbons (Fsp3) is 0.333. The molecule has 0 bridgehead atoms. The van der Waals surface area contributed by atoms with Gasteiger partial charge in [0.05, 0.1) is 14.2 Å². The largest absolute Gasteiger partial charge is 0.493 e. The average Bonchev–Trinajstić information content (AvgIpc) is 3.10. The molecule has 0 spiro atoms. The number of benzene rings is 2. The summed E-state index contributed by atoms with van der Waals surface area (Å²) in [6.07, 6.45) is 0.818. The summed E-state index contributed by atoms with van der Waals surface area (Å²) in [5.74, 6) is 1.96. The van der Waals surface area contributed by atoms with Crippen LogP contribution in [0.25, 0.3) is 11.1 Å². The van der Waals surface area contributed by atoms with Crippen molar-refractivity contribution in [2.45, 2.75) is 26.3 Å². The van der Waals surface area contributed by atoms with Crippen molar-refractivity contribution < 1.29 is 18.7 Å². The summed E-state index contributed by atoms with van der Waals surface area (Å²) in [4.78, 5) is 18.6. The predicted octanol–water partition coefficient (Wildman–Crippen LogP) is 3.74. The number of ether oxygens (including phenoxy) is 2. The van der Waals surface area contributed by atoms with Gasteiger partial charge >= 0.3 is 0 Å². The summed E-state index contributed by atoms with van der Waals surface area (Å²) in [6.45, 7) is 2.49. The van der Waals surface area contributed by atoms with Gasteiger partial charge in [0.2, 0.25) is 5.91 Å². The minimum Gasteiger partial charge on any atom is -0.493 e. The first-order valence-corrected chi connectivity index (χ1v) is 8.81. The Bertz CT molecular complexity index is 916. The maximum Gasteiger partial charge on any atom is 0.223 e. The molecule has 27 heavy (non-hydrogen) atoms. The Morgan fingerprint density at radius 1 is 1.15 bits per heavy atom. The fourth-order valence-electron chi connectivity index (χ4n) is 2.97. The van der Waals surface area contributed by atoms with E-state index in [4.69, 9.17) is 13.9 Å². The molecule has 0 atom stereocenters. The van der Waals surface area contributed by atoms with Gasteiger partial charge in [-0.25, -0.2) is 4.98 Å². The zero-order valence-corrected chi connectivity index (χ0v) is 16.1. The van der Waals surface area contributed by atoms with Crippen molar-refractivity contribution in [3.05, 3.63) is 53.4 Å². The number of nitrogens with zero attached hydrogens (tertiary/aromatic N) is 2. The number of methoxy groups -OCH3 is 2. The van der Waals surface area contributed by atoms with Crippen molar-refractivity contribution in [1.29, 1.82) is 0 Å². The molecule has 0 aliphatic heterocycles. The summed E-state index contributed by atoms with van der Waals surface area (Å²) in [5, 5.41) is 0. The lowest BCUT2D eigenvalue weighted by Gasteiger charge is -2.20. The second-order valence-electron chi connectivity index (χ2n) is 6.46. The van der Waals surface area contributed by atoms with Crippen LogP contribution in [0.15, 0.2) is 40.8 Å². The van der Waals surface area contributed by atoms with Crippen molar-refractivity contribution in [2.75, 3.05) is 21.3 Å². The number of fused-ring (bicyclic) bond motifs is 1. The highest BCUT2D eigenvalue weighted by Crippen LogP contribution is 2.30. The van der Waals surface area contributed by atoms with Gasteiger partial charge in [-0.2, -0.15) is 0 Å². The van der Waals surface area contributed by atoms with Crippen LogP contribution in [0.5, 0.6) is 11.5 Å². The first-order chi connectivity index (χ1) is 13.0. The summed E-state index contributed by atoms with van der Waals surface area (Å²) in [6, 6.07) is 11.4. The van der Waals surface area contributed by atoms with Crippen LogP contribution in [-0.2, 0) is 17.8 Å². The monoisotopic (exact) mass is 368 g/mol. The molecule has 3 rings (SSSR count). The fourth-order valence-corrected chi connectivity index (χ4v) is 2.97.